The number of amides is 1. The van der Waals surface area contributed by atoms with E-state index < -0.39 is 0 Å². The summed E-state index contributed by atoms with van der Waals surface area (Å²) < 4.78 is 0. The van der Waals surface area contributed by atoms with E-state index in [4.69, 9.17) is 11.6 Å². The molecule has 2 aromatic rings. The Kier molecular flexibility index (Phi) is 4.08. The molecule has 4 nitrogen and oxygen atoms in total. The summed E-state index contributed by atoms with van der Waals surface area (Å²) in [6.45, 7) is 6.61. The van der Waals surface area contributed by atoms with Gasteiger partial charge in [-0.2, -0.15) is 0 Å². The van der Waals surface area contributed by atoms with Crippen LogP contribution in [0, 0.1) is 0 Å². The average Bonchev–Trinajstić information content (AvgIpc) is 2.53. The summed E-state index contributed by atoms with van der Waals surface area (Å²) in [6, 6.07) is 5.56. The Morgan fingerprint density at radius 1 is 1.24 bits per heavy atom. The number of carbonyl (C=O) groups is 1. The van der Waals surface area contributed by atoms with Crippen LogP contribution in [-0.2, 0) is 0 Å². The number of fused-ring (bicyclic) bond motifs is 1. The fourth-order valence-corrected chi connectivity index (χ4v) is 2.94. The molecule has 0 atom stereocenters. The Balaban J connectivity index is 1.88. The minimum Gasteiger partial charge on any atom is -0.336 e. The summed E-state index contributed by atoms with van der Waals surface area (Å²) in [5, 5.41) is 2.48. The molecule has 1 aliphatic rings. The Morgan fingerprint density at radius 3 is 2.71 bits per heavy atom. The SMILES string of the molecule is CCN1CCN(C(=O)c2cncc3cc(Cl)ccc23)CC1. The van der Waals surface area contributed by atoms with Gasteiger partial charge in [-0.05, 0) is 24.1 Å². The standard InChI is InChI=1S/C16H18ClN3O/c1-2-19-5-7-20(8-6-19)16(21)15-11-18-10-12-9-13(17)3-4-14(12)15/h3-4,9-11H,2,5-8H2,1H3. The Morgan fingerprint density at radius 2 is 2.00 bits per heavy atom. The highest BCUT2D eigenvalue weighted by atomic mass is 35.5. The van der Waals surface area contributed by atoms with Crippen molar-refractivity contribution in [1.29, 1.82) is 0 Å². The summed E-state index contributed by atoms with van der Waals surface area (Å²) in [5.41, 5.74) is 0.661. The largest absolute Gasteiger partial charge is 0.336 e. The molecule has 0 N–H and O–H groups in total. The molecule has 0 radical (unpaired) electrons. The number of halogens is 1. The van der Waals surface area contributed by atoms with Crippen molar-refractivity contribution in [2.75, 3.05) is 32.7 Å². The van der Waals surface area contributed by atoms with Crippen molar-refractivity contribution in [1.82, 2.24) is 14.8 Å². The van der Waals surface area contributed by atoms with Crippen LogP contribution in [-0.4, -0.2) is 53.4 Å². The molecule has 1 amide bonds. The lowest BCUT2D eigenvalue weighted by atomic mass is 10.1. The van der Waals surface area contributed by atoms with Crippen LogP contribution in [0.1, 0.15) is 17.3 Å². The van der Waals surface area contributed by atoms with Gasteiger partial charge in [-0.25, -0.2) is 0 Å². The van der Waals surface area contributed by atoms with Gasteiger partial charge in [0.15, 0.2) is 0 Å². The second-order valence-corrected chi connectivity index (χ2v) is 5.72. The number of carbonyl (C=O) groups excluding carboxylic acids is 1. The molecule has 0 saturated carbocycles. The Bertz CT molecular complexity index is 666. The summed E-state index contributed by atoms with van der Waals surface area (Å²) in [7, 11) is 0. The maximum absolute atomic E-state index is 12.7. The van der Waals surface area contributed by atoms with Crippen LogP contribution in [0.5, 0.6) is 0 Å². The van der Waals surface area contributed by atoms with Crippen molar-refractivity contribution in [3.05, 3.63) is 41.2 Å². The van der Waals surface area contributed by atoms with Crippen molar-refractivity contribution >= 4 is 28.3 Å². The third-order valence-corrected chi connectivity index (χ3v) is 4.29. The highest BCUT2D eigenvalue weighted by Crippen LogP contribution is 2.23. The van der Waals surface area contributed by atoms with Crippen molar-refractivity contribution in [3.63, 3.8) is 0 Å². The Hall–Kier alpha value is -1.65. The average molecular weight is 304 g/mol. The lowest BCUT2D eigenvalue weighted by Crippen LogP contribution is -2.48. The molecule has 5 heteroatoms. The lowest BCUT2D eigenvalue weighted by molar-refractivity contribution is 0.0645. The van der Waals surface area contributed by atoms with Gasteiger partial charge in [-0.1, -0.05) is 24.6 Å². The van der Waals surface area contributed by atoms with Gasteiger partial charge in [0.05, 0.1) is 5.56 Å². The summed E-state index contributed by atoms with van der Waals surface area (Å²) >= 11 is 6.00. The quantitative estimate of drug-likeness (QED) is 0.856. The zero-order chi connectivity index (χ0) is 14.8. The first-order valence-electron chi connectivity index (χ1n) is 7.24. The summed E-state index contributed by atoms with van der Waals surface area (Å²) in [6.07, 6.45) is 3.40. The van der Waals surface area contributed by atoms with Gasteiger partial charge < -0.3 is 9.80 Å². The molecule has 1 fully saturated rings. The minimum atomic E-state index is 0.0613. The molecule has 2 heterocycles. The van der Waals surface area contributed by atoms with Crippen molar-refractivity contribution in [3.8, 4) is 0 Å². The van der Waals surface area contributed by atoms with Crippen molar-refractivity contribution in [2.24, 2.45) is 0 Å². The van der Waals surface area contributed by atoms with Crippen molar-refractivity contribution < 1.29 is 4.79 Å². The van der Waals surface area contributed by atoms with Crippen molar-refractivity contribution in [2.45, 2.75) is 6.92 Å². The molecule has 1 saturated heterocycles. The van der Waals surface area contributed by atoms with E-state index in [0.717, 1.165) is 43.5 Å². The predicted octanol–water partition coefficient (Wildman–Crippen LogP) is 2.67. The highest BCUT2D eigenvalue weighted by molar-refractivity contribution is 6.31. The fourth-order valence-electron chi connectivity index (χ4n) is 2.76. The van der Waals surface area contributed by atoms with E-state index in [1.165, 1.54) is 0 Å². The summed E-state index contributed by atoms with van der Waals surface area (Å²) in [5.74, 6) is 0.0613. The highest BCUT2D eigenvalue weighted by Gasteiger charge is 2.22. The third kappa shape index (κ3) is 2.87. The van der Waals surface area contributed by atoms with Gasteiger partial charge in [-0.3, -0.25) is 9.78 Å². The van der Waals surface area contributed by atoms with E-state index in [1.807, 2.05) is 23.1 Å². The van der Waals surface area contributed by atoms with Gasteiger partial charge in [0.1, 0.15) is 0 Å². The predicted molar refractivity (Wildman–Crippen MR) is 84.8 cm³/mol. The maximum atomic E-state index is 12.7. The number of hydrogen-bond donors (Lipinski definition) is 0. The fraction of sp³-hybridized carbons (Fsp3) is 0.375. The first-order valence-corrected chi connectivity index (χ1v) is 7.61. The van der Waals surface area contributed by atoms with E-state index in [9.17, 15) is 4.79 Å². The van der Waals surface area contributed by atoms with E-state index in [-0.39, 0.29) is 5.91 Å². The Labute approximate surface area is 129 Å². The second kappa shape index (κ2) is 6.00. The van der Waals surface area contributed by atoms with Crippen LogP contribution < -0.4 is 0 Å². The van der Waals surface area contributed by atoms with Gasteiger partial charge in [0.2, 0.25) is 0 Å². The first kappa shape index (κ1) is 14.3. The first-order chi connectivity index (χ1) is 10.2. The second-order valence-electron chi connectivity index (χ2n) is 5.28. The van der Waals surface area contributed by atoms with Crippen LogP contribution >= 0.6 is 11.6 Å². The number of rotatable bonds is 2. The van der Waals surface area contributed by atoms with Crippen LogP contribution in [0.3, 0.4) is 0 Å². The zero-order valence-corrected chi connectivity index (χ0v) is 12.8. The molecule has 0 spiro atoms. The van der Waals surface area contributed by atoms with E-state index in [0.29, 0.717) is 10.6 Å². The molecular formula is C16H18ClN3O. The number of nitrogens with zero attached hydrogens (tertiary/aromatic N) is 3. The number of piperazine rings is 1. The number of pyridine rings is 1. The monoisotopic (exact) mass is 303 g/mol. The number of likely N-dealkylation sites (N-methyl/N-ethyl adjacent to an activating group) is 1. The molecule has 0 aliphatic carbocycles. The molecular weight excluding hydrogens is 286 g/mol. The van der Waals surface area contributed by atoms with Gasteiger partial charge in [0.25, 0.3) is 5.91 Å². The van der Waals surface area contributed by atoms with Gasteiger partial charge in [0, 0.05) is 49.0 Å². The molecule has 21 heavy (non-hydrogen) atoms. The number of aromatic nitrogens is 1. The maximum Gasteiger partial charge on any atom is 0.256 e. The molecule has 1 aliphatic heterocycles. The van der Waals surface area contributed by atoms with Gasteiger partial charge in [-0.15, -0.1) is 0 Å². The third-order valence-electron chi connectivity index (χ3n) is 4.06. The topological polar surface area (TPSA) is 36.4 Å². The molecule has 0 bridgehead atoms. The normalized spacial score (nSPS) is 16.4. The number of hydrogen-bond acceptors (Lipinski definition) is 3. The van der Waals surface area contributed by atoms with E-state index in [2.05, 4.69) is 16.8 Å². The van der Waals surface area contributed by atoms with E-state index >= 15 is 0 Å². The van der Waals surface area contributed by atoms with Crippen LogP contribution in [0.2, 0.25) is 5.02 Å². The van der Waals surface area contributed by atoms with E-state index in [1.54, 1.807) is 12.4 Å². The molecule has 1 aromatic heterocycles. The van der Waals surface area contributed by atoms with Crippen LogP contribution in [0.25, 0.3) is 10.8 Å². The molecule has 0 unspecified atom stereocenters. The minimum absolute atomic E-state index is 0.0613. The smallest absolute Gasteiger partial charge is 0.256 e. The molecule has 1 aromatic carbocycles. The molecule has 110 valence electrons. The van der Waals surface area contributed by atoms with Gasteiger partial charge >= 0.3 is 0 Å². The zero-order valence-electron chi connectivity index (χ0n) is 12.1. The molecule has 3 rings (SSSR count). The van der Waals surface area contributed by atoms with Crippen LogP contribution in [0.4, 0.5) is 0 Å². The van der Waals surface area contributed by atoms with Crippen LogP contribution in [0.15, 0.2) is 30.6 Å². The number of benzene rings is 1. The lowest BCUT2D eigenvalue weighted by Gasteiger charge is -2.34. The summed E-state index contributed by atoms with van der Waals surface area (Å²) in [4.78, 5) is 21.2.